The van der Waals surface area contributed by atoms with E-state index in [-0.39, 0.29) is 22.0 Å². The van der Waals surface area contributed by atoms with Crippen LogP contribution in [0.2, 0.25) is 0 Å². The van der Waals surface area contributed by atoms with E-state index in [1.807, 2.05) is 0 Å². The molecule has 0 unspecified atom stereocenters. The van der Waals surface area contributed by atoms with Crippen molar-refractivity contribution >= 4 is 39.3 Å². The molecule has 160 valence electrons. The van der Waals surface area contributed by atoms with E-state index >= 15 is 0 Å². The summed E-state index contributed by atoms with van der Waals surface area (Å²) in [7, 11) is -1.66. The van der Waals surface area contributed by atoms with E-state index in [0.717, 1.165) is 35.8 Å². The van der Waals surface area contributed by atoms with Crippen LogP contribution in [-0.2, 0) is 27.7 Å². The molecule has 1 aliphatic rings. The number of rotatable bonds is 8. The van der Waals surface area contributed by atoms with Crippen molar-refractivity contribution in [1.82, 2.24) is 10.3 Å². The maximum atomic E-state index is 12.8. The largest absolute Gasteiger partial charge is 0.493 e. The Kier molecular flexibility index (Phi) is 6.44. The van der Waals surface area contributed by atoms with E-state index in [2.05, 4.69) is 10.3 Å². The number of nitrogens with one attached hydrogen (secondary N) is 2. The van der Waals surface area contributed by atoms with Crippen molar-refractivity contribution in [2.75, 3.05) is 14.2 Å². The van der Waals surface area contributed by atoms with Crippen LogP contribution < -0.4 is 19.7 Å². The number of ether oxygens (including phenoxy) is 2. The van der Waals surface area contributed by atoms with E-state index in [0.29, 0.717) is 4.88 Å². The lowest BCUT2D eigenvalue weighted by molar-refractivity contribution is -0.131. The number of carboxylic acids is 1. The molecule has 9 nitrogen and oxygen atoms in total. The first-order valence-corrected chi connectivity index (χ1v) is 11.2. The zero-order valence-corrected chi connectivity index (χ0v) is 17.9. The molecule has 0 atom stereocenters. The van der Waals surface area contributed by atoms with Gasteiger partial charge in [0, 0.05) is 11.0 Å². The topological polar surface area (TPSA) is 131 Å². The Morgan fingerprint density at radius 3 is 2.57 bits per heavy atom. The second kappa shape index (κ2) is 8.86. The van der Waals surface area contributed by atoms with Crippen molar-refractivity contribution < 1.29 is 32.6 Å². The Bertz CT molecular complexity index is 1100. The van der Waals surface area contributed by atoms with Crippen molar-refractivity contribution in [3.05, 3.63) is 45.2 Å². The summed E-state index contributed by atoms with van der Waals surface area (Å²) in [4.78, 5) is 26.5. The van der Waals surface area contributed by atoms with Gasteiger partial charge in [-0.05, 0) is 54.7 Å². The maximum absolute atomic E-state index is 12.8. The average Bonchev–Trinajstić information content (AvgIpc) is 3.32. The second-order valence-electron chi connectivity index (χ2n) is 6.40. The first-order chi connectivity index (χ1) is 14.2. The lowest BCUT2D eigenvalue weighted by Gasteiger charge is -2.15. The highest BCUT2D eigenvalue weighted by Crippen LogP contribution is 2.36. The Morgan fingerprint density at radius 2 is 1.93 bits per heavy atom. The number of hydrogen-bond donors (Lipinski definition) is 3. The summed E-state index contributed by atoms with van der Waals surface area (Å²) in [6.07, 6.45) is 4.98. The quantitative estimate of drug-likeness (QED) is 0.412. The standard InChI is InChI=1S/C19H20N2O7S2/c1-27-13-8-11(6-7-17(22)23)9-16(18(13)28-2)30(25,26)21-20-19(24)15-10-12-4-3-5-14(12)29-15/h6-10,21H,3-5H2,1-2H3,(H,20,24)(H,22,23)/b7-6+. The summed E-state index contributed by atoms with van der Waals surface area (Å²) < 4.78 is 36.0. The lowest BCUT2D eigenvalue weighted by atomic mass is 10.2. The first-order valence-electron chi connectivity index (χ1n) is 8.86. The normalized spacial score (nSPS) is 13.3. The Hall–Kier alpha value is -2.89. The molecule has 1 aliphatic carbocycles. The number of aryl methyl sites for hydroxylation is 2. The fourth-order valence-corrected chi connectivity index (χ4v) is 5.29. The van der Waals surface area contributed by atoms with Gasteiger partial charge in [-0.3, -0.25) is 10.2 Å². The minimum absolute atomic E-state index is 0.0816. The van der Waals surface area contributed by atoms with Gasteiger partial charge in [0.2, 0.25) is 0 Å². The number of methoxy groups -OCH3 is 2. The van der Waals surface area contributed by atoms with Crippen LogP contribution in [-0.4, -0.2) is 39.6 Å². The van der Waals surface area contributed by atoms with Gasteiger partial charge in [-0.1, -0.05) is 0 Å². The van der Waals surface area contributed by atoms with Gasteiger partial charge in [-0.25, -0.2) is 13.2 Å². The number of carbonyl (C=O) groups excluding carboxylic acids is 1. The lowest BCUT2D eigenvalue weighted by Crippen LogP contribution is -2.41. The maximum Gasteiger partial charge on any atom is 0.328 e. The monoisotopic (exact) mass is 452 g/mol. The number of hydrogen-bond acceptors (Lipinski definition) is 7. The van der Waals surface area contributed by atoms with E-state index < -0.39 is 21.9 Å². The molecule has 0 fully saturated rings. The fourth-order valence-electron chi connectivity index (χ4n) is 3.08. The molecule has 0 bridgehead atoms. The number of thiophene rings is 1. The molecule has 0 saturated heterocycles. The average molecular weight is 453 g/mol. The van der Waals surface area contributed by atoms with E-state index in [1.54, 1.807) is 6.07 Å². The van der Waals surface area contributed by atoms with Crippen LogP contribution in [0.1, 0.15) is 32.1 Å². The van der Waals surface area contributed by atoms with Crippen LogP contribution in [0.25, 0.3) is 6.08 Å². The molecule has 2 aromatic rings. The predicted molar refractivity (Wildman–Crippen MR) is 110 cm³/mol. The number of fused-ring (bicyclic) bond motifs is 1. The van der Waals surface area contributed by atoms with E-state index in [1.165, 1.54) is 43.8 Å². The smallest absolute Gasteiger partial charge is 0.328 e. The summed E-state index contributed by atoms with van der Waals surface area (Å²) in [5, 5.41) is 8.81. The van der Waals surface area contributed by atoms with Crippen molar-refractivity contribution in [3.63, 3.8) is 0 Å². The van der Waals surface area contributed by atoms with Crippen molar-refractivity contribution in [3.8, 4) is 11.5 Å². The molecule has 0 aliphatic heterocycles. The number of hydrazine groups is 1. The fraction of sp³-hybridized carbons (Fsp3) is 0.263. The summed E-state index contributed by atoms with van der Waals surface area (Å²) in [6, 6.07) is 4.43. The van der Waals surface area contributed by atoms with Gasteiger partial charge in [0.05, 0.1) is 19.1 Å². The van der Waals surface area contributed by atoms with Crippen LogP contribution in [0, 0.1) is 0 Å². The minimum Gasteiger partial charge on any atom is -0.493 e. The number of aliphatic carboxylic acids is 1. The van der Waals surface area contributed by atoms with Crippen molar-refractivity contribution in [1.29, 1.82) is 0 Å². The van der Waals surface area contributed by atoms with Crippen LogP contribution in [0.15, 0.2) is 29.2 Å². The highest BCUT2D eigenvalue weighted by Gasteiger charge is 2.25. The molecule has 1 heterocycles. The van der Waals surface area contributed by atoms with Crippen LogP contribution in [0.5, 0.6) is 11.5 Å². The van der Waals surface area contributed by atoms with Gasteiger partial charge in [-0.15, -0.1) is 16.2 Å². The Balaban J connectivity index is 1.86. The molecule has 3 N–H and O–H groups in total. The van der Waals surface area contributed by atoms with Gasteiger partial charge >= 0.3 is 5.97 Å². The molecule has 1 amide bonds. The van der Waals surface area contributed by atoms with Gasteiger partial charge in [0.15, 0.2) is 11.5 Å². The van der Waals surface area contributed by atoms with Gasteiger partial charge in [-0.2, -0.15) is 0 Å². The first kappa shape index (κ1) is 21.8. The van der Waals surface area contributed by atoms with Crippen LogP contribution in [0.4, 0.5) is 0 Å². The Labute approximate surface area is 177 Å². The third-order valence-corrected chi connectivity index (χ3v) is 6.93. The molecule has 0 spiro atoms. The molecule has 1 aromatic carbocycles. The second-order valence-corrected chi connectivity index (χ2v) is 9.19. The van der Waals surface area contributed by atoms with E-state index in [9.17, 15) is 18.0 Å². The molecular weight excluding hydrogens is 432 g/mol. The summed E-state index contributed by atoms with van der Waals surface area (Å²) >= 11 is 1.35. The molecule has 0 radical (unpaired) electrons. The van der Waals surface area contributed by atoms with Gasteiger partial charge < -0.3 is 14.6 Å². The minimum atomic E-state index is -4.26. The van der Waals surface area contributed by atoms with Crippen molar-refractivity contribution in [2.45, 2.75) is 24.2 Å². The number of sulfonamides is 1. The highest BCUT2D eigenvalue weighted by atomic mass is 32.2. The molecule has 30 heavy (non-hydrogen) atoms. The van der Waals surface area contributed by atoms with E-state index in [4.69, 9.17) is 14.6 Å². The van der Waals surface area contributed by atoms with Crippen molar-refractivity contribution in [2.24, 2.45) is 0 Å². The van der Waals surface area contributed by atoms with Crippen LogP contribution >= 0.6 is 11.3 Å². The number of benzene rings is 1. The summed E-state index contributed by atoms with van der Waals surface area (Å²) in [6.45, 7) is 0. The molecular formula is C19H20N2O7S2. The zero-order valence-electron chi connectivity index (χ0n) is 16.2. The summed E-state index contributed by atoms with van der Waals surface area (Å²) in [5.41, 5.74) is 3.59. The number of carbonyl (C=O) groups is 2. The van der Waals surface area contributed by atoms with Crippen LogP contribution in [0.3, 0.4) is 0 Å². The third-order valence-electron chi connectivity index (χ3n) is 4.44. The number of amides is 1. The Morgan fingerprint density at radius 1 is 1.17 bits per heavy atom. The molecule has 11 heteroatoms. The third kappa shape index (κ3) is 4.64. The van der Waals surface area contributed by atoms with Gasteiger partial charge in [0.1, 0.15) is 4.90 Å². The SMILES string of the molecule is COc1cc(/C=C/C(=O)O)cc(S(=O)(=O)NNC(=O)c2cc3c(s2)CCC3)c1OC. The zero-order chi connectivity index (χ0) is 21.9. The molecule has 3 rings (SSSR count). The van der Waals surface area contributed by atoms with Gasteiger partial charge in [0.25, 0.3) is 15.9 Å². The highest BCUT2D eigenvalue weighted by molar-refractivity contribution is 7.89. The summed E-state index contributed by atoms with van der Waals surface area (Å²) in [5.74, 6) is -1.75. The molecule has 0 saturated carbocycles. The number of carboxylic acid groups (broad SMARTS) is 1. The predicted octanol–water partition coefficient (Wildman–Crippen LogP) is 1.98. The molecule has 1 aromatic heterocycles.